The Morgan fingerprint density at radius 2 is 1.18 bits per heavy atom. The molecule has 110 valence electrons. The number of hydrogen-bond donors (Lipinski definition) is 1. The minimum Gasteiger partial charge on any atom is -0.504 e. The number of para-hydroxylation sites is 1. The van der Waals surface area contributed by atoms with E-state index in [2.05, 4.69) is 61.3 Å². The SMILES string of the molecule is Cc1cccc([P+](C)(c2ccccc2)c2ccccc2)c1O. The highest BCUT2D eigenvalue weighted by Gasteiger charge is 2.42. The highest BCUT2D eigenvalue weighted by molar-refractivity contribution is 7.95. The van der Waals surface area contributed by atoms with Crippen LogP contribution < -0.4 is 15.9 Å². The van der Waals surface area contributed by atoms with Crippen molar-refractivity contribution in [2.75, 3.05) is 6.66 Å². The second-order valence-corrected chi connectivity index (χ2v) is 9.15. The van der Waals surface area contributed by atoms with Crippen molar-refractivity contribution in [3.8, 4) is 5.75 Å². The first-order valence-corrected chi connectivity index (χ1v) is 9.64. The van der Waals surface area contributed by atoms with Gasteiger partial charge in [-0.05, 0) is 42.8 Å². The predicted octanol–water partition coefficient (Wildman–Crippen LogP) is 3.62. The molecule has 22 heavy (non-hydrogen) atoms. The Bertz CT molecular complexity index is 727. The lowest BCUT2D eigenvalue weighted by atomic mass is 10.2. The van der Waals surface area contributed by atoms with Crippen LogP contribution in [0.4, 0.5) is 0 Å². The fourth-order valence-corrected chi connectivity index (χ4v) is 6.26. The van der Waals surface area contributed by atoms with Gasteiger partial charge in [0.05, 0.1) is 6.66 Å². The van der Waals surface area contributed by atoms with Crippen LogP contribution >= 0.6 is 7.26 Å². The summed E-state index contributed by atoms with van der Waals surface area (Å²) in [6.07, 6.45) is 0. The number of rotatable bonds is 3. The first-order valence-electron chi connectivity index (χ1n) is 7.41. The standard InChI is InChI=1S/C20H19OP/c1-16-10-9-15-19(20(16)21)22(2,17-11-5-3-6-12-17)18-13-7-4-8-14-18/h3-15H,1-2H3/p+1. The molecular weight excluding hydrogens is 287 g/mol. The van der Waals surface area contributed by atoms with Gasteiger partial charge in [-0.1, -0.05) is 48.5 Å². The van der Waals surface area contributed by atoms with E-state index in [0.29, 0.717) is 5.75 Å². The second-order valence-electron chi connectivity index (χ2n) is 5.62. The Morgan fingerprint density at radius 1 is 0.682 bits per heavy atom. The number of hydrogen-bond acceptors (Lipinski definition) is 1. The molecule has 0 fully saturated rings. The maximum absolute atomic E-state index is 10.7. The van der Waals surface area contributed by atoms with Gasteiger partial charge in [0.2, 0.25) is 0 Å². The molecule has 0 heterocycles. The Hall–Kier alpha value is -2.11. The number of benzene rings is 3. The smallest absolute Gasteiger partial charge is 0.161 e. The van der Waals surface area contributed by atoms with E-state index in [1.54, 1.807) is 0 Å². The highest BCUT2D eigenvalue weighted by atomic mass is 31.2. The van der Waals surface area contributed by atoms with Crippen LogP contribution in [0.5, 0.6) is 5.75 Å². The van der Waals surface area contributed by atoms with Gasteiger partial charge in [0.25, 0.3) is 0 Å². The van der Waals surface area contributed by atoms with E-state index in [-0.39, 0.29) is 0 Å². The van der Waals surface area contributed by atoms with Gasteiger partial charge in [-0.15, -0.1) is 0 Å². The van der Waals surface area contributed by atoms with Crippen molar-refractivity contribution in [1.82, 2.24) is 0 Å². The summed E-state index contributed by atoms with van der Waals surface area (Å²) in [4.78, 5) is 0. The van der Waals surface area contributed by atoms with Gasteiger partial charge in [0.1, 0.15) is 23.2 Å². The van der Waals surface area contributed by atoms with Crippen LogP contribution in [0.15, 0.2) is 78.9 Å². The van der Waals surface area contributed by atoms with E-state index in [1.807, 2.05) is 31.2 Å². The fraction of sp³-hybridized carbons (Fsp3) is 0.100. The Morgan fingerprint density at radius 3 is 1.68 bits per heavy atom. The van der Waals surface area contributed by atoms with Crippen LogP contribution in [0.3, 0.4) is 0 Å². The van der Waals surface area contributed by atoms with Crippen molar-refractivity contribution < 1.29 is 5.11 Å². The van der Waals surface area contributed by atoms with E-state index in [9.17, 15) is 5.11 Å². The number of phenolic OH excluding ortho intramolecular Hbond substituents is 1. The molecule has 0 aliphatic heterocycles. The molecule has 1 N–H and O–H groups in total. The van der Waals surface area contributed by atoms with E-state index >= 15 is 0 Å². The molecular formula is C20H20OP+. The third-order valence-corrected chi connectivity index (χ3v) is 8.23. The van der Waals surface area contributed by atoms with Gasteiger partial charge in [0.15, 0.2) is 5.75 Å². The van der Waals surface area contributed by atoms with Gasteiger partial charge in [-0.25, -0.2) is 0 Å². The summed E-state index contributed by atoms with van der Waals surface area (Å²) in [6.45, 7) is 4.24. The van der Waals surface area contributed by atoms with Gasteiger partial charge >= 0.3 is 0 Å². The maximum atomic E-state index is 10.7. The Balaban J connectivity index is 2.31. The van der Waals surface area contributed by atoms with Gasteiger partial charge in [0, 0.05) is 0 Å². The first kappa shape index (κ1) is 14.8. The summed E-state index contributed by atoms with van der Waals surface area (Å²) in [5.74, 6) is 0.422. The van der Waals surface area contributed by atoms with Crippen molar-refractivity contribution >= 4 is 23.2 Å². The molecule has 0 aromatic heterocycles. The van der Waals surface area contributed by atoms with Crippen molar-refractivity contribution in [2.24, 2.45) is 0 Å². The van der Waals surface area contributed by atoms with Crippen molar-refractivity contribution in [2.45, 2.75) is 6.92 Å². The molecule has 0 aliphatic rings. The van der Waals surface area contributed by atoms with Crippen LogP contribution in [0, 0.1) is 6.92 Å². The van der Waals surface area contributed by atoms with Crippen LogP contribution in [-0.4, -0.2) is 11.8 Å². The van der Waals surface area contributed by atoms with Gasteiger partial charge < -0.3 is 5.11 Å². The number of phenols is 1. The Labute approximate surface area is 132 Å². The van der Waals surface area contributed by atoms with Crippen molar-refractivity contribution in [1.29, 1.82) is 0 Å². The summed E-state index contributed by atoms with van der Waals surface area (Å²) in [6, 6.07) is 27.1. The zero-order valence-corrected chi connectivity index (χ0v) is 13.8. The van der Waals surface area contributed by atoms with E-state index in [4.69, 9.17) is 0 Å². The minimum atomic E-state index is -1.84. The summed E-state index contributed by atoms with van der Waals surface area (Å²) in [5.41, 5.74) is 0.926. The summed E-state index contributed by atoms with van der Waals surface area (Å²) < 4.78 is 0. The summed E-state index contributed by atoms with van der Waals surface area (Å²) >= 11 is 0. The summed E-state index contributed by atoms with van der Waals surface area (Å²) in [7, 11) is -1.84. The molecule has 3 rings (SSSR count). The van der Waals surface area contributed by atoms with Crippen LogP contribution in [0.2, 0.25) is 0 Å². The third kappa shape index (κ3) is 2.42. The normalized spacial score (nSPS) is 11.4. The fourth-order valence-electron chi connectivity index (χ4n) is 2.88. The summed E-state index contributed by atoms with van der Waals surface area (Å²) in [5, 5.41) is 14.3. The molecule has 0 aliphatic carbocycles. The average Bonchev–Trinajstić information content (AvgIpc) is 2.58. The lowest BCUT2D eigenvalue weighted by molar-refractivity contribution is 0.475. The molecule has 0 bridgehead atoms. The highest BCUT2D eigenvalue weighted by Crippen LogP contribution is 2.53. The van der Waals surface area contributed by atoms with Crippen LogP contribution in [0.1, 0.15) is 5.56 Å². The second kappa shape index (κ2) is 5.94. The molecule has 2 heteroatoms. The zero-order valence-electron chi connectivity index (χ0n) is 12.9. The molecule has 3 aromatic carbocycles. The van der Waals surface area contributed by atoms with Crippen molar-refractivity contribution in [3.05, 3.63) is 84.4 Å². The topological polar surface area (TPSA) is 20.2 Å². The minimum absolute atomic E-state index is 0.422. The molecule has 0 saturated carbocycles. The van der Waals surface area contributed by atoms with Gasteiger partial charge in [-0.2, -0.15) is 0 Å². The molecule has 3 aromatic rings. The van der Waals surface area contributed by atoms with Crippen LogP contribution in [0.25, 0.3) is 0 Å². The maximum Gasteiger partial charge on any atom is 0.161 e. The average molecular weight is 307 g/mol. The lowest BCUT2D eigenvalue weighted by Crippen LogP contribution is -2.30. The van der Waals surface area contributed by atoms with E-state index in [0.717, 1.165) is 10.9 Å². The lowest BCUT2D eigenvalue weighted by Gasteiger charge is -2.24. The molecule has 0 amide bonds. The Kier molecular flexibility index (Phi) is 4.00. The van der Waals surface area contributed by atoms with Gasteiger partial charge in [-0.3, -0.25) is 0 Å². The zero-order chi connectivity index (χ0) is 15.6. The van der Waals surface area contributed by atoms with E-state index < -0.39 is 7.26 Å². The molecule has 0 spiro atoms. The molecule has 0 unspecified atom stereocenters. The van der Waals surface area contributed by atoms with Crippen LogP contribution in [-0.2, 0) is 0 Å². The van der Waals surface area contributed by atoms with E-state index in [1.165, 1.54) is 10.6 Å². The number of aromatic hydroxyl groups is 1. The number of aryl methyl sites for hydroxylation is 1. The quantitative estimate of drug-likeness (QED) is 0.733. The molecule has 0 radical (unpaired) electrons. The predicted molar refractivity (Wildman–Crippen MR) is 97.5 cm³/mol. The monoisotopic (exact) mass is 307 g/mol. The van der Waals surface area contributed by atoms with Crippen molar-refractivity contribution in [3.63, 3.8) is 0 Å². The molecule has 1 nitrogen and oxygen atoms in total. The molecule has 0 saturated heterocycles. The third-order valence-electron chi connectivity index (χ3n) is 4.24. The molecule has 0 atom stereocenters. The largest absolute Gasteiger partial charge is 0.504 e. The first-order chi connectivity index (χ1) is 10.6.